The Morgan fingerprint density at radius 1 is 1.27 bits per heavy atom. The van der Waals surface area contributed by atoms with Gasteiger partial charge in [-0.05, 0) is 43.5 Å². The molecule has 26 heavy (non-hydrogen) atoms. The van der Waals surface area contributed by atoms with Gasteiger partial charge >= 0.3 is 13.6 Å². The van der Waals surface area contributed by atoms with E-state index in [-0.39, 0.29) is 30.9 Å². The first-order valence-electron chi connectivity index (χ1n) is 8.45. The van der Waals surface area contributed by atoms with Crippen molar-refractivity contribution in [2.24, 2.45) is 5.92 Å². The highest BCUT2D eigenvalue weighted by atomic mass is 79.9. The summed E-state index contributed by atoms with van der Waals surface area (Å²) in [7, 11) is -3.77. The van der Waals surface area contributed by atoms with Crippen LogP contribution in [0.2, 0.25) is 0 Å². The first-order valence-corrected chi connectivity index (χ1v) is 11.0. The molecule has 1 aromatic rings. The Hall–Kier alpha value is -1.21. The Bertz CT molecular complexity index is 651. The molecule has 9 heteroatoms. The molecule has 146 valence electrons. The molecule has 1 rings (SSSR count). The molecule has 7 nitrogen and oxygen atoms in total. The lowest BCUT2D eigenvalue weighted by Gasteiger charge is -2.20. The van der Waals surface area contributed by atoms with E-state index in [1.807, 2.05) is 13.8 Å². The lowest BCUT2D eigenvalue weighted by atomic mass is 9.99. The fraction of sp³-hybridized carbons (Fsp3) is 0.529. The van der Waals surface area contributed by atoms with Crippen molar-refractivity contribution >= 4 is 41.0 Å². The third kappa shape index (κ3) is 8.94. The summed E-state index contributed by atoms with van der Waals surface area (Å²) >= 11 is 3.32. The van der Waals surface area contributed by atoms with Crippen LogP contribution in [0.15, 0.2) is 28.7 Å². The van der Waals surface area contributed by atoms with Crippen molar-refractivity contribution in [3.8, 4) is 0 Å². The first-order chi connectivity index (χ1) is 12.1. The Morgan fingerprint density at radius 2 is 1.88 bits per heavy atom. The Labute approximate surface area is 162 Å². The number of amides is 2. The van der Waals surface area contributed by atoms with E-state index < -0.39 is 19.7 Å². The molecule has 0 radical (unpaired) electrons. The van der Waals surface area contributed by atoms with E-state index >= 15 is 0 Å². The maximum atomic E-state index is 12.4. The van der Waals surface area contributed by atoms with Crippen molar-refractivity contribution in [2.75, 3.05) is 18.1 Å². The Kier molecular flexibility index (Phi) is 9.50. The van der Waals surface area contributed by atoms with E-state index in [0.717, 1.165) is 4.47 Å². The zero-order chi connectivity index (χ0) is 19.7. The van der Waals surface area contributed by atoms with Crippen LogP contribution in [0.1, 0.15) is 33.6 Å². The molecular weight excluding hydrogens is 423 g/mol. The normalized spacial score (nSPS) is 14.5. The molecular formula is C17H26BrN2O5P. The van der Waals surface area contributed by atoms with Crippen LogP contribution in [0.5, 0.6) is 0 Å². The van der Waals surface area contributed by atoms with Crippen LogP contribution in [-0.4, -0.2) is 35.5 Å². The van der Waals surface area contributed by atoms with Crippen LogP contribution >= 0.6 is 23.5 Å². The molecule has 3 N–H and O–H groups in total. The van der Waals surface area contributed by atoms with Crippen LogP contribution in [0.3, 0.4) is 0 Å². The van der Waals surface area contributed by atoms with E-state index in [9.17, 15) is 19.0 Å². The second kappa shape index (κ2) is 10.8. The number of hydrogen-bond donors (Lipinski definition) is 3. The molecule has 0 bridgehead atoms. The number of carbonyl (C=O) groups is 2. The van der Waals surface area contributed by atoms with Gasteiger partial charge in [-0.1, -0.05) is 29.8 Å². The lowest BCUT2D eigenvalue weighted by Crippen LogP contribution is -2.44. The molecule has 2 amide bonds. The van der Waals surface area contributed by atoms with Crippen molar-refractivity contribution in [1.29, 1.82) is 0 Å². The molecule has 0 aliphatic carbocycles. The highest BCUT2D eigenvalue weighted by Crippen LogP contribution is 2.42. The minimum Gasteiger partial charge on any atom is -0.328 e. The molecule has 0 spiro atoms. The van der Waals surface area contributed by atoms with Crippen molar-refractivity contribution < 1.29 is 23.6 Å². The van der Waals surface area contributed by atoms with Gasteiger partial charge in [0.25, 0.3) is 0 Å². The summed E-state index contributed by atoms with van der Waals surface area (Å²) < 4.78 is 17.4. The van der Waals surface area contributed by atoms with Crippen molar-refractivity contribution in [1.82, 2.24) is 5.32 Å². The van der Waals surface area contributed by atoms with E-state index in [4.69, 9.17) is 4.52 Å². The SMILES string of the molecule is CCOP(=O)(O)CCC(=O)[C@H](CC(C)C)NC(=O)Nc1ccc(Br)cc1. The average Bonchev–Trinajstić information content (AvgIpc) is 2.54. The molecule has 1 unspecified atom stereocenters. The summed E-state index contributed by atoms with van der Waals surface area (Å²) in [6.07, 6.45) is 0.0466. The number of nitrogens with one attached hydrogen (secondary N) is 2. The first kappa shape index (κ1) is 22.8. The maximum Gasteiger partial charge on any atom is 0.328 e. The quantitative estimate of drug-likeness (QED) is 0.466. The fourth-order valence-corrected chi connectivity index (χ4v) is 3.59. The van der Waals surface area contributed by atoms with Crippen LogP contribution in [0.25, 0.3) is 0 Å². The molecule has 0 aliphatic rings. The smallest absolute Gasteiger partial charge is 0.328 e. The zero-order valence-corrected chi connectivity index (χ0v) is 17.7. The fourth-order valence-electron chi connectivity index (χ4n) is 2.29. The Morgan fingerprint density at radius 3 is 2.42 bits per heavy atom. The summed E-state index contributed by atoms with van der Waals surface area (Å²) in [5.41, 5.74) is 0.595. The van der Waals surface area contributed by atoms with Gasteiger partial charge in [0.2, 0.25) is 0 Å². The summed E-state index contributed by atoms with van der Waals surface area (Å²) in [5, 5.41) is 5.32. The third-order valence-electron chi connectivity index (χ3n) is 3.47. The van der Waals surface area contributed by atoms with Gasteiger partial charge in [0.15, 0.2) is 5.78 Å². The van der Waals surface area contributed by atoms with E-state index in [1.54, 1.807) is 31.2 Å². The second-order valence-electron chi connectivity index (χ2n) is 6.28. The summed E-state index contributed by atoms with van der Waals surface area (Å²) in [6.45, 7) is 5.59. The van der Waals surface area contributed by atoms with Gasteiger partial charge in [-0.3, -0.25) is 9.36 Å². The number of hydrogen-bond acceptors (Lipinski definition) is 4. The predicted octanol–water partition coefficient (Wildman–Crippen LogP) is 4.17. The number of urea groups is 1. The standard InChI is InChI=1S/C17H26BrN2O5P/c1-4-25-26(23,24)10-9-16(21)15(11-12(2)3)20-17(22)19-14-7-5-13(18)6-8-14/h5-8,12,15H,4,9-11H2,1-3H3,(H,23,24)(H2,19,20,22)/t15-/m0/s1. The van der Waals surface area contributed by atoms with Crippen LogP contribution in [0.4, 0.5) is 10.5 Å². The number of rotatable bonds is 10. The highest BCUT2D eigenvalue weighted by molar-refractivity contribution is 9.10. The zero-order valence-electron chi connectivity index (χ0n) is 15.2. The Balaban J connectivity index is 2.67. The predicted molar refractivity (Wildman–Crippen MR) is 105 cm³/mol. The average molecular weight is 449 g/mol. The maximum absolute atomic E-state index is 12.4. The lowest BCUT2D eigenvalue weighted by molar-refractivity contribution is -0.120. The van der Waals surface area contributed by atoms with Crippen molar-refractivity contribution in [3.63, 3.8) is 0 Å². The summed E-state index contributed by atoms with van der Waals surface area (Å²) in [4.78, 5) is 34.2. The van der Waals surface area contributed by atoms with Gasteiger partial charge in [0, 0.05) is 16.6 Å². The number of halogens is 1. The largest absolute Gasteiger partial charge is 0.328 e. The molecule has 0 aliphatic heterocycles. The van der Waals surface area contributed by atoms with Gasteiger partial charge in [-0.15, -0.1) is 0 Å². The molecule has 2 atom stereocenters. The van der Waals surface area contributed by atoms with Crippen molar-refractivity contribution in [2.45, 2.75) is 39.7 Å². The van der Waals surface area contributed by atoms with E-state index in [1.165, 1.54) is 0 Å². The number of benzene rings is 1. The van der Waals surface area contributed by atoms with Crippen LogP contribution < -0.4 is 10.6 Å². The molecule has 1 aromatic carbocycles. The molecule has 0 heterocycles. The van der Waals surface area contributed by atoms with Gasteiger partial charge < -0.3 is 20.1 Å². The summed E-state index contributed by atoms with van der Waals surface area (Å²) in [6, 6.07) is 5.81. The molecule has 0 aromatic heterocycles. The van der Waals surface area contributed by atoms with Crippen molar-refractivity contribution in [3.05, 3.63) is 28.7 Å². The van der Waals surface area contributed by atoms with Crippen LogP contribution in [0, 0.1) is 5.92 Å². The number of ketones is 1. The number of anilines is 1. The van der Waals surface area contributed by atoms with E-state index in [2.05, 4.69) is 26.6 Å². The third-order valence-corrected chi connectivity index (χ3v) is 5.45. The highest BCUT2D eigenvalue weighted by Gasteiger charge is 2.26. The molecule has 0 fully saturated rings. The van der Waals surface area contributed by atoms with Crippen LogP contribution in [-0.2, 0) is 13.9 Å². The van der Waals surface area contributed by atoms with Gasteiger partial charge in [0.05, 0.1) is 18.8 Å². The minimum atomic E-state index is -3.77. The molecule has 0 saturated carbocycles. The number of carbonyl (C=O) groups excluding carboxylic acids is 2. The van der Waals surface area contributed by atoms with Gasteiger partial charge in [-0.25, -0.2) is 4.79 Å². The van der Waals surface area contributed by atoms with Gasteiger partial charge in [0.1, 0.15) is 0 Å². The summed E-state index contributed by atoms with van der Waals surface area (Å²) in [5.74, 6) is -0.122. The van der Waals surface area contributed by atoms with Gasteiger partial charge in [-0.2, -0.15) is 0 Å². The minimum absolute atomic E-state index is 0.102. The topological polar surface area (TPSA) is 105 Å². The number of Topliss-reactive ketones (excluding diaryl/α,β-unsaturated/α-hetero) is 1. The monoisotopic (exact) mass is 448 g/mol. The second-order valence-corrected chi connectivity index (χ2v) is 9.18. The molecule has 0 saturated heterocycles. The van der Waals surface area contributed by atoms with E-state index in [0.29, 0.717) is 12.1 Å².